The number of H-pyrrole nitrogens is 1. The second-order valence-electron chi connectivity index (χ2n) is 4.54. The number of anilines is 1. The molecular formula is C14H15FN4. The number of nitrogens with zero attached hydrogens (tertiary/aromatic N) is 2. The van der Waals surface area contributed by atoms with Crippen LogP contribution in [0.4, 0.5) is 10.2 Å². The number of benzene rings is 1. The topological polar surface area (TPSA) is 53.6 Å². The van der Waals surface area contributed by atoms with Crippen LogP contribution in [0.2, 0.25) is 0 Å². The molecule has 0 bridgehead atoms. The fourth-order valence-corrected chi connectivity index (χ4v) is 2.18. The monoisotopic (exact) mass is 258 g/mol. The molecule has 3 aromatic rings. The van der Waals surface area contributed by atoms with Crippen LogP contribution in [0.25, 0.3) is 21.9 Å². The van der Waals surface area contributed by atoms with E-state index in [4.69, 9.17) is 0 Å². The Balaban J connectivity index is 2.12. The number of rotatable bonds is 4. The van der Waals surface area contributed by atoms with Crippen molar-refractivity contribution in [3.8, 4) is 0 Å². The highest BCUT2D eigenvalue weighted by atomic mass is 19.1. The van der Waals surface area contributed by atoms with Gasteiger partial charge in [-0.15, -0.1) is 0 Å². The number of halogens is 1. The number of unbranched alkanes of at least 4 members (excludes halogenated alkanes) is 1. The predicted molar refractivity (Wildman–Crippen MR) is 74.8 cm³/mol. The zero-order chi connectivity index (χ0) is 13.2. The van der Waals surface area contributed by atoms with E-state index in [2.05, 4.69) is 27.2 Å². The van der Waals surface area contributed by atoms with Gasteiger partial charge in [-0.3, -0.25) is 0 Å². The van der Waals surface area contributed by atoms with Crippen molar-refractivity contribution in [2.24, 2.45) is 0 Å². The maximum absolute atomic E-state index is 13.3. The lowest BCUT2D eigenvalue weighted by Crippen LogP contribution is -2.03. The van der Waals surface area contributed by atoms with Gasteiger partial charge in [0.1, 0.15) is 23.2 Å². The maximum Gasteiger partial charge on any atom is 0.153 e. The first-order valence-electron chi connectivity index (χ1n) is 6.45. The maximum atomic E-state index is 13.3. The molecule has 4 nitrogen and oxygen atoms in total. The highest BCUT2D eigenvalue weighted by Crippen LogP contribution is 2.27. The van der Waals surface area contributed by atoms with Crippen molar-refractivity contribution in [1.82, 2.24) is 15.0 Å². The third-order valence-corrected chi connectivity index (χ3v) is 3.17. The van der Waals surface area contributed by atoms with Crippen molar-refractivity contribution in [1.29, 1.82) is 0 Å². The number of hydrogen-bond donors (Lipinski definition) is 2. The van der Waals surface area contributed by atoms with E-state index in [1.807, 2.05) is 0 Å². The molecule has 98 valence electrons. The Morgan fingerprint density at radius 1 is 1.32 bits per heavy atom. The van der Waals surface area contributed by atoms with Crippen LogP contribution in [0.1, 0.15) is 19.8 Å². The van der Waals surface area contributed by atoms with Crippen LogP contribution < -0.4 is 5.32 Å². The predicted octanol–water partition coefficient (Wildman–Crippen LogP) is 3.46. The lowest BCUT2D eigenvalue weighted by molar-refractivity contribution is 0.630. The Kier molecular flexibility index (Phi) is 3.03. The molecule has 0 amide bonds. The van der Waals surface area contributed by atoms with Crippen LogP contribution >= 0.6 is 0 Å². The Hall–Kier alpha value is -2.17. The minimum atomic E-state index is -0.257. The van der Waals surface area contributed by atoms with E-state index in [0.29, 0.717) is 0 Å². The molecule has 0 radical (unpaired) electrons. The average molecular weight is 258 g/mol. The van der Waals surface area contributed by atoms with Gasteiger partial charge in [0.15, 0.2) is 5.82 Å². The molecule has 0 unspecified atom stereocenters. The molecule has 3 rings (SSSR count). The van der Waals surface area contributed by atoms with Crippen molar-refractivity contribution >= 4 is 27.8 Å². The molecule has 0 aliphatic rings. The van der Waals surface area contributed by atoms with Gasteiger partial charge in [-0.1, -0.05) is 13.3 Å². The van der Waals surface area contributed by atoms with Gasteiger partial charge in [0, 0.05) is 17.4 Å². The number of hydrogen-bond acceptors (Lipinski definition) is 3. The molecule has 5 heteroatoms. The van der Waals surface area contributed by atoms with E-state index >= 15 is 0 Å². The second-order valence-corrected chi connectivity index (χ2v) is 4.54. The summed E-state index contributed by atoms with van der Waals surface area (Å²) < 4.78 is 13.3. The fourth-order valence-electron chi connectivity index (χ4n) is 2.18. The Morgan fingerprint density at radius 3 is 3.05 bits per heavy atom. The van der Waals surface area contributed by atoms with E-state index < -0.39 is 0 Å². The summed E-state index contributed by atoms with van der Waals surface area (Å²) in [5, 5.41) is 4.08. The van der Waals surface area contributed by atoms with Crippen LogP contribution in [-0.2, 0) is 0 Å². The van der Waals surface area contributed by atoms with Crippen LogP contribution in [0, 0.1) is 5.82 Å². The molecular weight excluding hydrogens is 243 g/mol. The van der Waals surface area contributed by atoms with Crippen molar-refractivity contribution in [3.05, 3.63) is 30.3 Å². The largest absolute Gasteiger partial charge is 0.368 e. The SMILES string of the molecule is CCCCNc1ncnc2c1[nH]c1ccc(F)cc12. The Labute approximate surface area is 110 Å². The van der Waals surface area contributed by atoms with Gasteiger partial charge < -0.3 is 10.3 Å². The van der Waals surface area contributed by atoms with Crippen LogP contribution in [-0.4, -0.2) is 21.5 Å². The van der Waals surface area contributed by atoms with E-state index in [0.717, 1.165) is 47.1 Å². The molecule has 19 heavy (non-hydrogen) atoms. The minimum absolute atomic E-state index is 0.257. The molecule has 1 aromatic carbocycles. The third kappa shape index (κ3) is 2.12. The van der Waals surface area contributed by atoms with Crippen molar-refractivity contribution < 1.29 is 4.39 Å². The number of fused-ring (bicyclic) bond motifs is 3. The van der Waals surface area contributed by atoms with E-state index in [9.17, 15) is 4.39 Å². The Bertz CT molecular complexity index is 720. The molecule has 2 heterocycles. The molecule has 0 saturated heterocycles. The number of nitrogens with one attached hydrogen (secondary N) is 2. The van der Waals surface area contributed by atoms with Gasteiger partial charge >= 0.3 is 0 Å². The van der Waals surface area contributed by atoms with Crippen LogP contribution in [0.5, 0.6) is 0 Å². The average Bonchev–Trinajstić information content (AvgIpc) is 2.78. The molecule has 0 aliphatic heterocycles. The van der Waals surface area contributed by atoms with Crippen LogP contribution in [0.15, 0.2) is 24.5 Å². The van der Waals surface area contributed by atoms with Gasteiger partial charge in [-0.2, -0.15) is 0 Å². The van der Waals surface area contributed by atoms with Crippen molar-refractivity contribution in [2.75, 3.05) is 11.9 Å². The first-order chi connectivity index (χ1) is 9.29. The summed E-state index contributed by atoms with van der Waals surface area (Å²) in [6.07, 6.45) is 3.72. The lowest BCUT2D eigenvalue weighted by Gasteiger charge is -2.04. The Morgan fingerprint density at radius 2 is 2.21 bits per heavy atom. The van der Waals surface area contributed by atoms with Gasteiger partial charge in [0.05, 0.1) is 0 Å². The smallest absolute Gasteiger partial charge is 0.153 e. The first-order valence-corrected chi connectivity index (χ1v) is 6.45. The molecule has 0 atom stereocenters. The van der Waals surface area contributed by atoms with Crippen molar-refractivity contribution in [3.63, 3.8) is 0 Å². The summed E-state index contributed by atoms with van der Waals surface area (Å²) in [7, 11) is 0. The summed E-state index contributed by atoms with van der Waals surface area (Å²) in [5.41, 5.74) is 2.46. The summed E-state index contributed by atoms with van der Waals surface area (Å²) >= 11 is 0. The van der Waals surface area contributed by atoms with E-state index in [1.165, 1.54) is 18.5 Å². The normalized spacial score (nSPS) is 11.3. The van der Waals surface area contributed by atoms with E-state index in [-0.39, 0.29) is 5.82 Å². The zero-order valence-corrected chi connectivity index (χ0v) is 10.7. The van der Waals surface area contributed by atoms with Crippen molar-refractivity contribution in [2.45, 2.75) is 19.8 Å². The highest BCUT2D eigenvalue weighted by molar-refractivity contribution is 6.07. The minimum Gasteiger partial charge on any atom is -0.368 e. The van der Waals surface area contributed by atoms with Gasteiger partial charge in [-0.05, 0) is 24.6 Å². The van der Waals surface area contributed by atoms with Gasteiger partial charge in [0.25, 0.3) is 0 Å². The van der Waals surface area contributed by atoms with Crippen LogP contribution in [0.3, 0.4) is 0 Å². The fraction of sp³-hybridized carbons (Fsp3) is 0.286. The highest BCUT2D eigenvalue weighted by Gasteiger charge is 2.10. The van der Waals surface area contributed by atoms with E-state index in [1.54, 1.807) is 6.07 Å². The summed E-state index contributed by atoms with van der Waals surface area (Å²) in [4.78, 5) is 11.7. The number of aromatic nitrogens is 3. The lowest BCUT2D eigenvalue weighted by atomic mass is 10.2. The van der Waals surface area contributed by atoms with Gasteiger partial charge in [0.2, 0.25) is 0 Å². The molecule has 0 saturated carbocycles. The quantitative estimate of drug-likeness (QED) is 0.704. The summed E-state index contributed by atoms with van der Waals surface area (Å²) in [6.45, 7) is 3.01. The summed E-state index contributed by atoms with van der Waals surface area (Å²) in [6, 6.07) is 4.66. The van der Waals surface area contributed by atoms with Gasteiger partial charge in [-0.25, -0.2) is 14.4 Å². The molecule has 0 aliphatic carbocycles. The molecule has 0 fully saturated rings. The second kappa shape index (κ2) is 4.84. The third-order valence-electron chi connectivity index (χ3n) is 3.17. The standard InChI is InChI=1S/C14H15FN4/c1-2-3-6-16-14-13-12(17-8-18-14)10-7-9(15)4-5-11(10)19-13/h4-5,7-8,19H,2-3,6H2,1H3,(H,16,17,18). The molecule has 2 N–H and O–H groups in total. The first kappa shape index (κ1) is 11.9. The molecule has 2 aromatic heterocycles. The molecule has 0 spiro atoms. The number of aromatic amines is 1. The zero-order valence-electron chi connectivity index (χ0n) is 10.7. The summed E-state index contributed by atoms with van der Waals surface area (Å²) in [5.74, 6) is 0.516.